The lowest BCUT2D eigenvalue weighted by Gasteiger charge is -2.09. The van der Waals surface area contributed by atoms with Crippen LogP contribution in [-0.2, 0) is 6.54 Å². The van der Waals surface area contributed by atoms with Gasteiger partial charge in [0.15, 0.2) is 0 Å². The normalized spacial score (nSPS) is 13.2. The number of anilines is 1. The number of aromatic nitrogens is 2. The zero-order valence-electron chi connectivity index (χ0n) is 8.37. The van der Waals surface area contributed by atoms with Gasteiger partial charge in [0.1, 0.15) is 6.54 Å². The van der Waals surface area contributed by atoms with Crippen LogP contribution in [0.15, 0.2) is 12.4 Å². The van der Waals surface area contributed by atoms with Crippen LogP contribution < -0.4 is 5.32 Å². The van der Waals surface area contributed by atoms with Crippen molar-refractivity contribution in [3.63, 3.8) is 0 Å². The van der Waals surface area contributed by atoms with Crippen molar-refractivity contribution >= 4 is 5.69 Å². The van der Waals surface area contributed by atoms with Gasteiger partial charge in [-0.1, -0.05) is 6.92 Å². The number of nitrogens with one attached hydrogen (secondary N) is 1. The highest BCUT2D eigenvalue weighted by Gasteiger charge is 2.06. The van der Waals surface area contributed by atoms with Crippen LogP contribution in [0.25, 0.3) is 0 Å². The number of hydrogen-bond donors (Lipinski definition) is 1. The van der Waals surface area contributed by atoms with E-state index in [1.54, 1.807) is 12.4 Å². The Balaban J connectivity index is 2.50. The van der Waals surface area contributed by atoms with Crippen LogP contribution in [0, 0.1) is 0 Å². The van der Waals surface area contributed by atoms with E-state index in [1.165, 1.54) is 4.68 Å². The molecular weight excluding hydrogens is 188 g/mol. The van der Waals surface area contributed by atoms with E-state index >= 15 is 0 Å². The average molecular weight is 203 g/mol. The Morgan fingerprint density at radius 1 is 1.57 bits per heavy atom. The molecule has 0 aliphatic heterocycles. The maximum absolute atomic E-state index is 12.0. The van der Waals surface area contributed by atoms with E-state index in [0.717, 1.165) is 12.1 Å². The summed E-state index contributed by atoms with van der Waals surface area (Å²) in [7, 11) is 0. The molecule has 1 unspecified atom stereocenters. The smallest absolute Gasteiger partial charge is 0.257 e. The Hall–Kier alpha value is -1.13. The van der Waals surface area contributed by atoms with Gasteiger partial charge in [-0.05, 0) is 13.3 Å². The summed E-state index contributed by atoms with van der Waals surface area (Å²) < 4.78 is 25.2. The van der Waals surface area contributed by atoms with Crippen LogP contribution in [0.2, 0.25) is 0 Å². The highest BCUT2D eigenvalue weighted by Crippen LogP contribution is 2.09. The minimum absolute atomic E-state index is 0.333. The Morgan fingerprint density at radius 2 is 2.29 bits per heavy atom. The minimum atomic E-state index is -2.36. The first kappa shape index (κ1) is 10.9. The minimum Gasteiger partial charge on any atom is -0.380 e. The Bertz CT molecular complexity index is 273. The number of rotatable bonds is 5. The fraction of sp³-hybridized carbons (Fsp3) is 0.667. The maximum atomic E-state index is 12.0. The van der Waals surface area contributed by atoms with E-state index < -0.39 is 6.43 Å². The summed E-state index contributed by atoms with van der Waals surface area (Å²) in [5, 5.41) is 6.97. The lowest BCUT2D eigenvalue weighted by atomic mass is 10.2. The second-order valence-electron chi connectivity index (χ2n) is 3.30. The average Bonchev–Trinajstić information content (AvgIpc) is 2.51. The van der Waals surface area contributed by atoms with Gasteiger partial charge in [0.25, 0.3) is 6.43 Å². The van der Waals surface area contributed by atoms with Crippen molar-refractivity contribution in [2.45, 2.75) is 39.3 Å². The molecule has 0 fully saturated rings. The quantitative estimate of drug-likeness (QED) is 0.796. The summed E-state index contributed by atoms with van der Waals surface area (Å²) in [5.41, 5.74) is 0.792. The molecule has 0 saturated carbocycles. The largest absolute Gasteiger partial charge is 0.380 e. The number of halogens is 2. The van der Waals surface area contributed by atoms with Gasteiger partial charge in [-0.25, -0.2) is 8.78 Å². The zero-order valence-corrected chi connectivity index (χ0v) is 8.37. The molecule has 0 saturated heterocycles. The van der Waals surface area contributed by atoms with Crippen LogP contribution >= 0.6 is 0 Å². The van der Waals surface area contributed by atoms with E-state index in [9.17, 15) is 8.78 Å². The molecule has 1 atom stereocenters. The van der Waals surface area contributed by atoms with Crippen molar-refractivity contribution in [3.8, 4) is 0 Å². The van der Waals surface area contributed by atoms with Crippen LogP contribution in [0.3, 0.4) is 0 Å². The molecular formula is C9H15F2N3. The first-order valence-corrected chi connectivity index (χ1v) is 4.69. The molecule has 0 aliphatic rings. The van der Waals surface area contributed by atoms with Crippen molar-refractivity contribution < 1.29 is 8.78 Å². The van der Waals surface area contributed by atoms with Crippen molar-refractivity contribution in [3.05, 3.63) is 12.4 Å². The van der Waals surface area contributed by atoms with E-state index in [0.29, 0.717) is 6.04 Å². The summed E-state index contributed by atoms with van der Waals surface area (Å²) in [6, 6.07) is 0.333. The number of alkyl halides is 2. The van der Waals surface area contributed by atoms with Gasteiger partial charge in [0.05, 0.1) is 11.9 Å². The first-order valence-electron chi connectivity index (χ1n) is 4.69. The van der Waals surface area contributed by atoms with E-state index in [1.807, 2.05) is 6.92 Å². The van der Waals surface area contributed by atoms with Crippen molar-refractivity contribution in [2.75, 3.05) is 5.32 Å². The van der Waals surface area contributed by atoms with Crippen molar-refractivity contribution in [1.29, 1.82) is 0 Å². The highest BCUT2D eigenvalue weighted by atomic mass is 19.3. The summed E-state index contributed by atoms with van der Waals surface area (Å²) in [6.07, 6.45) is 1.79. The molecule has 1 heterocycles. The number of nitrogens with zero attached hydrogens (tertiary/aromatic N) is 2. The predicted molar refractivity (Wildman–Crippen MR) is 51.6 cm³/mol. The zero-order chi connectivity index (χ0) is 10.6. The van der Waals surface area contributed by atoms with E-state index in [4.69, 9.17) is 0 Å². The summed E-state index contributed by atoms with van der Waals surface area (Å²) in [6.45, 7) is 3.74. The van der Waals surface area contributed by atoms with Gasteiger partial charge in [0, 0.05) is 12.2 Å². The predicted octanol–water partition coefficient (Wildman–Crippen LogP) is 2.36. The van der Waals surface area contributed by atoms with Gasteiger partial charge in [-0.15, -0.1) is 0 Å². The molecule has 5 heteroatoms. The Labute approximate surface area is 82.1 Å². The van der Waals surface area contributed by atoms with E-state index in [2.05, 4.69) is 17.3 Å². The van der Waals surface area contributed by atoms with Crippen molar-refractivity contribution in [2.24, 2.45) is 0 Å². The van der Waals surface area contributed by atoms with Gasteiger partial charge in [-0.2, -0.15) is 5.10 Å². The second-order valence-corrected chi connectivity index (χ2v) is 3.30. The molecule has 1 aromatic heterocycles. The Morgan fingerprint density at radius 3 is 2.86 bits per heavy atom. The molecule has 1 N–H and O–H groups in total. The molecule has 1 rings (SSSR count). The molecule has 0 radical (unpaired) electrons. The van der Waals surface area contributed by atoms with Crippen molar-refractivity contribution in [1.82, 2.24) is 9.78 Å². The van der Waals surface area contributed by atoms with Gasteiger partial charge < -0.3 is 5.32 Å². The SMILES string of the molecule is CCC(C)Nc1cnn(CC(F)F)c1. The third-order valence-corrected chi connectivity index (χ3v) is 1.98. The molecule has 0 bridgehead atoms. The molecule has 3 nitrogen and oxygen atoms in total. The Kier molecular flexibility index (Phi) is 3.85. The van der Waals surface area contributed by atoms with Gasteiger partial charge in [-0.3, -0.25) is 4.68 Å². The maximum Gasteiger partial charge on any atom is 0.257 e. The molecule has 0 amide bonds. The molecule has 0 spiro atoms. The number of hydrogen-bond acceptors (Lipinski definition) is 2. The van der Waals surface area contributed by atoms with Gasteiger partial charge in [0.2, 0.25) is 0 Å². The van der Waals surface area contributed by atoms with Gasteiger partial charge >= 0.3 is 0 Å². The third-order valence-electron chi connectivity index (χ3n) is 1.98. The first-order chi connectivity index (χ1) is 6.61. The molecule has 80 valence electrons. The third kappa shape index (κ3) is 3.32. The van der Waals surface area contributed by atoms with Crippen LogP contribution in [-0.4, -0.2) is 22.2 Å². The molecule has 1 aromatic rings. The molecule has 0 aromatic carbocycles. The van der Waals surface area contributed by atoms with Crippen LogP contribution in [0.1, 0.15) is 20.3 Å². The fourth-order valence-electron chi connectivity index (χ4n) is 1.07. The standard InChI is InChI=1S/C9H15F2N3/c1-3-7(2)13-8-4-12-14(5-8)6-9(10)11/h4-5,7,9,13H,3,6H2,1-2H3. The summed E-state index contributed by atoms with van der Waals surface area (Å²) in [5.74, 6) is 0. The molecule has 14 heavy (non-hydrogen) atoms. The summed E-state index contributed by atoms with van der Waals surface area (Å²) in [4.78, 5) is 0. The highest BCUT2D eigenvalue weighted by molar-refractivity contribution is 5.38. The topological polar surface area (TPSA) is 29.9 Å². The monoisotopic (exact) mass is 203 g/mol. The second kappa shape index (κ2) is 4.93. The lowest BCUT2D eigenvalue weighted by molar-refractivity contribution is 0.122. The summed E-state index contributed by atoms with van der Waals surface area (Å²) >= 11 is 0. The van der Waals surface area contributed by atoms with Crippen LogP contribution in [0.5, 0.6) is 0 Å². The fourth-order valence-corrected chi connectivity index (χ4v) is 1.07. The molecule has 0 aliphatic carbocycles. The lowest BCUT2D eigenvalue weighted by Crippen LogP contribution is -2.12. The van der Waals surface area contributed by atoms with E-state index in [-0.39, 0.29) is 6.54 Å². The van der Waals surface area contributed by atoms with Crippen LogP contribution in [0.4, 0.5) is 14.5 Å².